The van der Waals surface area contributed by atoms with E-state index in [1.807, 2.05) is 6.92 Å². The van der Waals surface area contributed by atoms with E-state index in [2.05, 4.69) is 0 Å². The highest BCUT2D eigenvalue weighted by molar-refractivity contribution is 7.89. The summed E-state index contributed by atoms with van der Waals surface area (Å²) in [4.78, 5) is 0.255. The van der Waals surface area contributed by atoms with Gasteiger partial charge in [-0.3, -0.25) is 0 Å². The highest BCUT2D eigenvalue weighted by Crippen LogP contribution is 2.30. The van der Waals surface area contributed by atoms with Crippen molar-refractivity contribution in [2.24, 2.45) is 0 Å². The van der Waals surface area contributed by atoms with Crippen molar-refractivity contribution in [2.75, 3.05) is 18.9 Å². The fourth-order valence-electron chi connectivity index (χ4n) is 2.55. The van der Waals surface area contributed by atoms with Gasteiger partial charge in [-0.25, -0.2) is 8.42 Å². The topological polar surface area (TPSA) is 83.6 Å². The van der Waals surface area contributed by atoms with Crippen molar-refractivity contribution < 1.29 is 13.5 Å². The highest BCUT2D eigenvalue weighted by atomic mass is 32.2. The minimum atomic E-state index is -3.58. The molecule has 0 spiro atoms. The lowest BCUT2D eigenvalue weighted by Gasteiger charge is -2.24. The highest BCUT2D eigenvalue weighted by Gasteiger charge is 2.35. The van der Waals surface area contributed by atoms with Gasteiger partial charge in [-0.2, -0.15) is 4.31 Å². The van der Waals surface area contributed by atoms with Gasteiger partial charge < -0.3 is 10.8 Å². The van der Waals surface area contributed by atoms with E-state index in [1.54, 1.807) is 19.1 Å². The van der Waals surface area contributed by atoms with E-state index in [4.69, 9.17) is 5.73 Å². The maximum atomic E-state index is 12.7. The summed E-state index contributed by atoms with van der Waals surface area (Å²) in [6, 6.07) is 3.10. The summed E-state index contributed by atoms with van der Waals surface area (Å²) in [6.07, 6.45) is 1.49. The molecule has 0 radical (unpaired) electrons. The zero-order valence-corrected chi connectivity index (χ0v) is 12.1. The molecule has 1 saturated heterocycles. The van der Waals surface area contributed by atoms with E-state index in [-0.39, 0.29) is 17.5 Å². The van der Waals surface area contributed by atoms with Crippen LogP contribution in [0, 0.1) is 13.8 Å². The summed E-state index contributed by atoms with van der Waals surface area (Å²) in [7, 11) is -3.58. The Hall–Kier alpha value is -1.11. The van der Waals surface area contributed by atoms with E-state index in [0.29, 0.717) is 24.2 Å². The molecule has 1 heterocycles. The predicted molar refractivity (Wildman–Crippen MR) is 74.3 cm³/mol. The van der Waals surface area contributed by atoms with Gasteiger partial charge in [0.25, 0.3) is 0 Å². The first-order valence-corrected chi connectivity index (χ1v) is 7.81. The second kappa shape index (κ2) is 5.11. The molecule has 1 unspecified atom stereocenters. The maximum Gasteiger partial charge on any atom is 0.243 e. The van der Waals surface area contributed by atoms with Crippen LogP contribution in [0.5, 0.6) is 0 Å². The summed E-state index contributed by atoms with van der Waals surface area (Å²) in [5.74, 6) is 0. The molecule has 3 N–H and O–H groups in total. The van der Waals surface area contributed by atoms with Crippen molar-refractivity contribution >= 4 is 15.7 Å². The lowest BCUT2D eigenvalue weighted by atomic mass is 10.1. The molecular weight excluding hydrogens is 264 g/mol. The Morgan fingerprint density at radius 1 is 1.42 bits per heavy atom. The van der Waals surface area contributed by atoms with Crippen LogP contribution in [0.2, 0.25) is 0 Å². The van der Waals surface area contributed by atoms with E-state index < -0.39 is 10.0 Å². The lowest BCUT2D eigenvalue weighted by Crippen LogP contribution is -2.38. The normalized spacial score (nSPS) is 20.9. The number of sulfonamides is 1. The van der Waals surface area contributed by atoms with Crippen LogP contribution < -0.4 is 5.73 Å². The van der Waals surface area contributed by atoms with Gasteiger partial charge in [0.15, 0.2) is 0 Å². The predicted octanol–water partition coefficient (Wildman–Crippen LogP) is 1.03. The van der Waals surface area contributed by atoms with Gasteiger partial charge in [-0.1, -0.05) is 0 Å². The molecule has 1 aliphatic heterocycles. The van der Waals surface area contributed by atoms with Crippen LogP contribution in [0.4, 0.5) is 5.69 Å². The largest absolute Gasteiger partial charge is 0.398 e. The van der Waals surface area contributed by atoms with Crippen LogP contribution in [0.1, 0.15) is 24.0 Å². The van der Waals surface area contributed by atoms with Gasteiger partial charge in [0.1, 0.15) is 0 Å². The molecule has 106 valence electrons. The van der Waals surface area contributed by atoms with Crippen LogP contribution in [0.15, 0.2) is 17.0 Å². The van der Waals surface area contributed by atoms with Crippen LogP contribution in [-0.2, 0) is 10.0 Å². The van der Waals surface area contributed by atoms with Crippen LogP contribution >= 0.6 is 0 Å². The molecule has 0 aromatic heterocycles. The number of nitrogen functional groups attached to an aromatic ring is 1. The first-order chi connectivity index (χ1) is 8.87. The maximum absolute atomic E-state index is 12.7. The van der Waals surface area contributed by atoms with Gasteiger partial charge in [-0.05, 0) is 49.9 Å². The molecule has 1 aliphatic rings. The van der Waals surface area contributed by atoms with Crippen LogP contribution in [-0.4, -0.2) is 37.0 Å². The van der Waals surface area contributed by atoms with Gasteiger partial charge >= 0.3 is 0 Å². The number of hydrogen-bond donors (Lipinski definition) is 2. The minimum Gasteiger partial charge on any atom is -0.398 e. The van der Waals surface area contributed by atoms with Crippen molar-refractivity contribution in [2.45, 2.75) is 37.6 Å². The van der Waals surface area contributed by atoms with Crippen molar-refractivity contribution in [1.82, 2.24) is 4.31 Å². The molecular formula is C13H20N2O3S. The standard InChI is InChI=1S/C13H20N2O3S/c1-9-6-12(14)10(2)13(7-9)19(17,18)15-5-3-4-11(15)8-16/h6-7,11,16H,3-5,8,14H2,1-2H3. The molecule has 0 amide bonds. The Balaban J connectivity index is 2.51. The second-order valence-electron chi connectivity index (χ2n) is 5.07. The molecule has 5 nitrogen and oxygen atoms in total. The number of aliphatic hydroxyl groups is 1. The third kappa shape index (κ3) is 2.48. The number of aliphatic hydroxyl groups excluding tert-OH is 1. The molecule has 6 heteroatoms. The Bertz CT molecular complexity index is 584. The molecule has 1 fully saturated rings. The van der Waals surface area contributed by atoms with Crippen molar-refractivity contribution in [3.8, 4) is 0 Å². The molecule has 1 aromatic carbocycles. The van der Waals surface area contributed by atoms with E-state index >= 15 is 0 Å². The fourth-order valence-corrected chi connectivity index (χ4v) is 4.58. The summed E-state index contributed by atoms with van der Waals surface area (Å²) in [5.41, 5.74) is 7.73. The van der Waals surface area contributed by atoms with Crippen molar-refractivity contribution in [1.29, 1.82) is 0 Å². The van der Waals surface area contributed by atoms with E-state index in [9.17, 15) is 13.5 Å². The van der Waals surface area contributed by atoms with E-state index in [1.165, 1.54) is 4.31 Å². The second-order valence-corrected chi connectivity index (χ2v) is 6.93. The zero-order valence-electron chi connectivity index (χ0n) is 11.3. The molecule has 0 bridgehead atoms. The molecule has 0 aliphatic carbocycles. The quantitative estimate of drug-likeness (QED) is 0.812. The molecule has 1 aromatic rings. The molecule has 0 saturated carbocycles. The number of hydrogen-bond acceptors (Lipinski definition) is 4. The number of nitrogens with zero attached hydrogens (tertiary/aromatic N) is 1. The lowest BCUT2D eigenvalue weighted by molar-refractivity contribution is 0.213. The molecule has 2 rings (SSSR count). The van der Waals surface area contributed by atoms with Crippen LogP contribution in [0.3, 0.4) is 0 Å². The van der Waals surface area contributed by atoms with Crippen molar-refractivity contribution in [3.63, 3.8) is 0 Å². The SMILES string of the molecule is Cc1cc(N)c(C)c(S(=O)(=O)N2CCCC2CO)c1. The Morgan fingerprint density at radius 2 is 2.11 bits per heavy atom. The zero-order chi connectivity index (χ0) is 14.2. The Labute approximate surface area is 114 Å². The minimum absolute atomic E-state index is 0.139. The van der Waals surface area contributed by atoms with Gasteiger partial charge in [-0.15, -0.1) is 0 Å². The smallest absolute Gasteiger partial charge is 0.243 e. The average molecular weight is 284 g/mol. The van der Waals surface area contributed by atoms with E-state index in [0.717, 1.165) is 12.0 Å². The monoisotopic (exact) mass is 284 g/mol. The number of benzene rings is 1. The number of aryl methyl sites for hydroxylation is 1. The Morgan fingerprint density at radius 3 is 2.74 bits per heavy atom. The third-order valence-electron chi connectivity index (χ3n) is 3.67. The summed E-state index contributed by atoms with van der Waals surface area (Å²) >= 11 is 0. The molecule has 1 atom stereocenters. The summed E-state index contributed by atoms with van der Waals surface area (Å²) < 4.78 is 26.8. The van der Waals surface area contributed by atoms with Gasteiger partial charge in [0, 0.05) is 18.3 Å². The fraction of sp³-hybridized carbons (Fsp3) is 0.538. The summed E-state index contributed by atoms with van der Waals surface area (Å²) in [6.45, 7) is 3.86. The van der Waals surface area contributed by atoms with Gasteiger partial charge in [0.2, 0.25) is 10.0 Å². The summed E-state index contributed by atoms with van der Waals surface area (Å²) in [5, 5.41) is 9.29. The third-order valence-corrected chi connectivity index (χ3v) is 5.74. The molecule has 19 heavy (non-hydrogen) atoms. The van der Waals surface area contributed by atoms with Crippen LogP contribution in [0.25, 0.3) is 0 Å². The first kappa shape index (κ1) is 14.3. The number of anilines is 1. The average Bonchev–Trinajstić information content (AvgIpc) is 2.82. The van der Waals surface area contributed by atoms with Crippen molar-refractivity contribution in [3.05, 3.63) is 23.3 Å². The Kier molecular flexibility index (Phi) is 3.85. The number of nitrogens with two attached hydrogens (primary N) is 1. The van der Waals surface area contributed by atoms with Gasteiger partial charge in [0.05, 0.1) is 11.5 Å². The number of rotatable bonds is 3. The first-order valence-electron chi connectivity index (χ1n) is 6.37.